The van der Waals surface area contributed by atoms with Crippen LogP contribution in [0.25, 0.3) is 0 Å². The van der Waals surface area contributed by atoms with Gasteiger partial charge in [0.05, 0.1) is 19.2 Å². The molecular weight excluding hydrogens is 243 g/mol. The molecule has 1 aromatic carbocycles. The molecule has 3 N–H and O–H groups in total. The quantitative estimate of drug-likeness (QED) is 0.743. The van der Waals surface area contributed by atoms with Crippen LogP contribution in [0.2, 0.25) is 0 Å². The van der Waals surface area contributed by atoms with Crippen molar-refractivity contribution in [3.63, 3.8) is 0 Å². The Morgan fingerprint density at radius 1 is 1.44 bits per heavy atom. The SMILES string of the molecule is COc1ccc(F)c(NC(=O)NCCC(=O)O)c1. The molecule has 6 nitrogen and oxygen atoms in total. The summed E-state index contributed by atoms with van der Waals surface area (Å²) in [6.07, 6.45) is -0.200. The summed E-state index contributed by atoms with van der Waals surface area (Å²) in [4.78, 5) is 21.6. The second kappa shape index (κ2) is 6.43. The summed E-state index contributed by atoms with van der Waals surface area (Å²) in [7, 11) is 1.42. The molecule has 0 aliphatic carbocycles. The van der Waals surface area contributed by atoms with E-state index >= 15 is 0 Å². The zero-order valence-corrected chi connectivity index (χ0v) is 9.70. The average Bonchev–Trinajstić information content (AvgIpc) is 2.31. The Labute approximate surface area is 103 Å². The summed E-state index contributed by atoms with van der Waals surface area (Å²) in [5, 5.41) is 12.9. The number of amides is 2. The molecule has 0 bridgehead atoms. The fourth-order valence-corrected chi connectivity index (χ4v) is 1.18. The second-order valence-electron chi connectivity index (χ2n) is 3.37. The smallest absolute Gasteiger partial charge is 0.319 e. The van der Waals surface area contributed by atoms with Crippen LogP contribution in [-0.4, -0.2) is 30.8 Å². The summed E-state index contributed by atoms with van der Waals surface area (Å²) >= 11 is 0. The van der Waals surface area contributed by atoms with Crippen LogP contribution in [-0.2, 0) is 4.79 Å². The number of hydrogen-bond acceptors (Lipinski definition) is 3. The zero-order chi connectivity index (χ0) is 13.5. The number of ether oxygens (including phenoxy) is 1. The van der Waals surface area contributed by atoms with Gasteiger partial charge in [0.1, 0.15) is 11.6 Å². The Morgan fingerprint density at radius 3 is 2.78 bits per heavy atom. The molecule has 18 heavy (non-hydrogen) atoms. The van der Waals surface area contributed by atoms with E-state index in [2.05, 4.69) is 10.6 Å². The Hall–Kier alpha value is -2.31. The molecule has 0 aromatic heterocycles. The minimum Gasteiger partial charge on any atom is -0.497 e. The Kier molecular flexibility index (Phi) is 4.91. The molecule has 0 spiro atoms. The van der Waals surface area contributed by atoms with Gasteiger partial charge in [-0.3, -0.25) is 4.79 Å². The lowest BCUT2D eigenvalue weighted by molar-refractivity contribution is -0.136. The largest absolute Gasteiger partial charge is 0.497 e. The summed E-state index contributed by atoms with van der Waals surface area (Å²) < 4.78 is 18.2. The van der Waals surface area contributed by atoms with E-state index in [0.29, 0.717) is 5.75 Å². The number of carbonyl (C=O) groups excluding carboxylic acids is 1. The van der Waals surface area contributed by atoms with Crippen molar-refractivity contribution in [1.82, 2.24) is 5.32 Å². The molecule has 0 saturated carbocycles. The van der Waals surface area contributed by atoms with Gasteiger partial charge in [0.15, 0.2) is 0 Å². The molecule has 1 rings (SSSR count). The summed E-state index contributed by atoms with van der Waals surface area (Å²) in [6.45, 7) is -0.0350. The molecule has 0 unspecified atom stereocenters. The van der Waals surface area contributed by atoms with E-state index in [9.17, 15) is 14.0 Å². The molecule has 98 valence electrons. The number of rotatable bonds is 5. The third-order valence-electron chi connectivity index (χ3n) is 2.05. The van der Waals surface area contributed by atoms with Gasteiger partial charge in [-0.1, -0.05) is 0 Å². The minimum absolute atomic E-state index is 0.0350. The molecule has 0 atom stereocenters. The highest BCUT2D eigenvalue weighted by Gasteiger charge is 2.08. The van der Waals surface area contributed by atoms with Gasteiger partial charge < -0.3 is 20.5 Å². The Morgan fingerprint density at radius 2 is 2.17 bits per heavy atom. The first-order chi connectivity index (χ1) is 8.52. The van der Waals surface area contributed by atoms with Crippen LogP contribution in [0.1, 0.15) is 6.42 Å². The predicted molar refractivity (Wildman–Crippen MR) is 62.2 cm³/mol. The minimum atomic E-state index is -1.03. The Balaban J connectivity index is 2.55. The van der Waals surface area contributed by atoms with Gasteiger partial charge in [-0.2, -0.15) is 0 Å². The van der Waals surface area contributed by atoms with E-state index in [1.165, 1.54) is 19.2 Å². The molecule has 0 heterocycles. The van der Waals surface area contributed by atoms with Crippen molar-refractivity contribution in [2.75, 3.05) is 19.0 Å². The normalized spacial score (nSPS) is 9.67. The zero-order valence-electron chi connectivity index (χ0n) is 9.70. The van der Waals surface area contributed by atoms with Crippen molar-refractivity contribution < 1.29 is 23.8 Å². The van der Waals surface area contributed by atoms with E-state index < -0.39 is 17.8 Å². The third-order valence-corrected chi connectivity index (χ3v) is 2.05. The monoisotopic (exact) mass is 256 g/mol. The standard InChI is InChI=1S/C11H13FN2O4/c1-18-7-2-3-8(12)9(6-7)14-11(17)13-5-4-10(15)16/h2-3,6H,4-5H2,1H3,(H,15,16)(H2,13,14,17). The first-order valence-corrected chi connectivity index (χ1v) is 5.13. The van der Waals surface area contributed by atoms with Crippen LogP contribution in [0.5, 0.6) is 5.75 Å². The first-order valence-electron chi connectivity index (χ1n) is 5.13. The number of aliphatic carboxylic acids is 1. The molecule has 0 aliphatic rings. The van der Waals surface area contributed by atoms with Gasteiger partial charge in [0.2, 0.25) is 0 Å². The summed E-state index contributed by atoms with van der Waals surface area (Å²) in [6, 6.07) is 3.23. The van der Waals surface area contributed by atoms with Crippen LogP contribution in [0.3, 0.4) is 0 Å². The van der Waals surface area contributed by atoms with Gasteiger partial charge in [-0.25, -0.2) is 9.18 Å². The topological polar surface area (TPSA) is 87.7 Å². The number of anilines is 1. The van der Waals surface area contributed by atoms with Crippen LogP contribution < -0.4 is 15.4 Å². The predicted octanol–water partition coefficient (Wildman–Crippen LogP) is 1.43. The lowest BCUT2D eigenvalue weighted by Gasteiger charge is -2.09. The van der Waals surface area contributed by atoms with Gasteiger partial charge >= 0.3 is 12.0 Å². The van der Waals surface area contributed by atoms with Gasteiger partial charge in [-0.15, -0.1) is 0 Å². The maximum atomic E-state index is 13.3. The lowest BCUT2D eigenvalue weighted by atomic mass is 10.3. The van der Waals surface area contributed by atoms with Crippen molar-refractivity contribution in [3.05, 3.63) is 24.0 Å². The van der Waals surface area contributed by atoms with E-state index in [4.69, 9.17) is 9.84 Å². The van der Waals surface area contributed by atoms with Gasteiger partial charge in [0.25, 0.3) is 0 Å². The molecule has 1 aromatic rings. The number of carboxylic acids is 1. The van der Waals surface area contributed by atoms with Crippen molar-refractivity contribution in [2.45, 2.75) is 6.42 Å². The molecule has 7 heteroatoms. The molecule has 0 saturated heterocycles. The molecule has 0 aliphatic heterocycles. The average molecular weight is 256 g/mol. The highest BCUT2D eigenvalue weighted by molar-refractivity contribution is 5.89. The van der Waals surface area contributed by atoms with Gasteiger partial charge in [-0.05, 0) is 12.1 Å². The lowest BCUT2D eigenvalue weighted by Crippen LogP contribution is -2.30. The fourth-order valence-electron chi connectivity index (χ4n) is 1.18. The number of halogens is 1. The maximum Gasteiger partial charge on any atom is 0.319 e. The number of nitrogens with one attached hydrogen (secondary N) is 2. The number of urea groups is 1. The van der Waals surface area contributed by atoms with Crippen LogP contribution >= 0.6 is 0 Å². The highest BCUT2D eigenvalue weighted by Crippen LogP contribution is 2.20. The molecule has 0 radical (unpaired) electrons. The van der Waals surface area contributed by atoms with Crippen molar-refractivity contribution >= 4 is 17.7 Å². The third kappa shape index (κ3) is 4.28. The van der Waals surface area contributed by atoms with Crippen molar-refractivity contribution in [1.29, 1.82) is 0 Å². The van der Waals surface area contributed by atoms with E-state index in [-0.39, 0.29) is 18.7 Å². The Bertz CT molecular complexity index is 451. The molecule has 2 amide bonds. The van der Waals surface area contributed by atoms with Crippen LogP contribution in [0.4, 0.5) is 14.9 Å². The van der Waals surface area contributed by atoms with Gasteiger partial charge in [0, 0.05) is 12.6 Å². The number of carboxylic acid groups (broad SMARTS) is 1. The number of methoxy groups -OCH3 is 1. The van der Waals surface area contributed by atoms with Crippen molar-refractivity contribution in [3.8, 4) is 5.75 Å². The number of benzene rings is 1. The summed E-state index contributed by atoms with van der Waals surface area (Å²) in [5.41, 5.74) is -0.0397. The van der Waals surface area contributed by atoms with Crippen LogP contribution in [0, 0.1) is 5.82 Å². The summed E-state index contributed by atoms with van der Waals surface area (Å²) in [5.74, 6) is -1.23. The molecule has 0 fully saturated rings. The highest BCUT2D eigenvalue weighted by atomic mass is 19.1. The number of hydrogen-bond donors (Lipinski definition) is 3. The van der Waals surface area contributed by atoms with E-state index in [1.807, 2.05) is 0 Å². The second-order valence-corrected chi connectivity index (χ2v) is 3.37. The van der Waals surface area contributed by atoms with Crippen molar-refractivity contribution in [2.24, 2.45) is 0 Å². The maximum absolute atomic E-state index is 13.3. The fraction of sp³-hybridized carbons (Fsp3) is 0.273. The number of carbonyl (C=O) groups is 2. The van der Waals surface area contributed by atoms with E-state index in [0.717, 1.165) is 6.07 Å². The molecular formula is C11H13FN2O4. The first kappa shape index (κ1) is 13.8. The van der Waals surface area contributed by atoms with Crippen LogP contribution in [0.15, 0.2) is 18.2 Å². The van der Waals surface area contributed by atoms with E-state index in [1.54, 1.807) is 0 Å².